The quantitative estimate of drug-likeness (QED) is 0.832. The number of carboxylic acids is 1. The molecule has 1 unspecified atom stereocenters. The second-order valence-electron chi connectivity index (χ2n) is 5.72. The molecule has 1 aromatic heterocycles. The number of rotatable bonds is 7. The Labute approximate surface area is 120 Å². The molecule has 20 heavy (non-hydrogen) atoms. The molecule has 0 amide bonds. The molecular formula is C15H25N3O2. The minimum absolute atomic E-state index is 0.298. The van der Waals surface area contributed by atoms with Gasteiger partial charge in [0.1, 0.15) is 0 Å². The van der Waals surface area contributed by atoms with Crippen molar-refractivity contribution in [1.29, 1.82) is 0 Å². The van der Waals surface area contributed by atoms with Gasteiger partial charge >= 0.3 is 5.97 Å². The third-order valence-corrected chi connectivity index (χ3v) is 4.00. The van der Waals surface area contributed by atoms with Gasteiger partial charge in [-0.3, -0.25) is 14.4 Å². The lowest BCUT2D eigenvalue weighted by molar-refractivity contribution is -0.137. The number of aromatic nitrogens is 2. The van der Waals surface area contributed by atoms with Gasteiger partial charge in [-0.2, -0.15) is 5.10 Å². The molecule has 1 aliphatic heterocycles. The highest BCUT2D eigenvalue weighted by atomic mass is 16.4. The number of nitrogens with zero attached hydrogens (tertiary/aromatic N) is 3. The number of aryl methyl sites for hydroxylation is 1. The van der Waals surface area contributed by atoms with Crippen molar-refractivity contribution in [3.8, 4) is 0 Å². The lowest BCUT2D eigenvalue weighted by atomic mass is 9.93. The highest BCUT2D eigenvalue weighted by Crippen LogP contribution is 2.22. The molecule has 112 valence electrons. The van der Waals surface area contributed by atoms with Crippen molar-refractivity contribution in [2.45, 2.75) is 52.1 Å². The fourth-order valence-electron chi connectivity index (χ4n) is 2.99. The summed E-state index contributed by atoms with van der Waals surface area (Å²) in [5, 5.41) is 13.1. The van der Waals surface area contributed by atoms with Crippen LogP contribution in [-0.2, 0) is 17.9 Å². The van der Waals surface area contributed by atoms with Gasteiger partial charge in [0.05, 0.1) is 5.69 Å². The summed E-state index contributed by atoms with van der Waals surface area (Å²) in [5.41, 5.74) is 1.27. The van der Waals surface area contributed by atoms with Crippen LogP contribution in [0.15, 0.2) is 12.3 Å². The van der Waals surface area contributed by atoms with E-state index in [9.17, 15) is 4.79 Å². The summed E-state index contributed by atoms with van der Waals surface area (Å²) in [6, 6.07) is 2.09. The van der Waals surface area contributed by atoms with Gasteiger partial charge in [0, 0.05) is 32.3 Å². The molecule has 2 heterocycles. The maximum absolute atomic E-state index is 10.7. The zero-order valence-corrected chi connectivity index (χ0v) is 12.3. The van der Waals surface area contributed by atoms with Crippen LogP contribution >= 0.6 is 0 Å². The highest BCUT2D eigenvalue weighted by Gasteiger charge is 2.21. The first kappa shape index (κ1) is 15.0. The topological polar surface area (TPSA) is 58.4 Å². The maximum Gasteiger partial charge on any atom is 0.303 e. The third kappa shape index (κ3) is 4.34. The Morgan fingerprint density at radius 2 is 2.40 bits per heavy atom. The van der Waals surface area contributed by atoms with E-state index in [1.807, 2.05) is 6.20 Å². The Morgan fingerprint density at radius 3 is 3.15 bits per heavy atom. The highest BCUT2D eigenvalue weighted by molar-refractivity contribution is 5.66. The molecule has 0 spiro atoms. The van der Waals surface area contributed by atoms with Crippen LogP contribution in [0.5, 0.6) is 0 Å². The summed E-state index contributed by atoms with van der Waals surface area (Å²) in [4.78, 5) is 13.1. The number of piperidine rings is 1. The Kier molecular flexibility index (Phi) is 5.59. The minimum atomic E-state index is -0.678. The molecule has 1 aromatic rings. The van der Waals surface area contributed by atoms with E-state index in [4.69, 9.17) is 5.11 Å². The van der Waals surface area contributed by atoms with Crippen LogP contribution in [0.4, 0.5) is 0 Å². The molecule has 5 heteroatoms. The SMILES string of the molecule is CCCn1nccc1CN1CCCC(CCC(=O)O)C1. The van der Waals surface area contributed by atoms with Gasteiger partial charge < -0.3 is 5.11 Å². The van der Waals surface area contributed by atoms with Crippen LogP contribution in [0.3, 0.4) is 0 Å². The number of aliphatic carboxylic acids is 1. The molecule has 0 radical (unpaired) electrons. The van der Waals surface area contributed by atoms with E-state index in [2.05, 4.69) is 27.7 Å². The summed E-state index contributed by atoms with van der Waals surface area (Å²) >= 11 is 0. The molecule has 0 saturated carbocycles. The van der Waals surface area contributed by atoms with Crippen molar-refractivity contribution in [3.63, 3.8) is 0 Å². The standard InChI is InChI=1S/C15H25N3O2/c1-2-9-18-14(7-8-16-18)12-17-10-3-4-13(11-17)5-6-15(19)20/h7-8,13H,2-6,9-12H2,1H3,(H,19,20). The van der Waals surface area contributed by atoms with Crippen LogP contribution in [0.1, 0.15) is 44.7 Å². The number of carboxylic acid groups (broad SMARTS) is 1. The van der Waals surface area contributed by atoms with E-state index in [0.29, 0.717) is 12.3 Å². The average Bonchev–Trinajstić information content (AvgIpc) is 2.85. The first-order chi connectivity index (χ1) is 9.69. The van der Waals surface area contributed by atoms with Gasteiger partial charge in [-0.1, -0.05) is 6.92 Å². The molecule has 2 rings (SSSR count). The van der Waals surface area contributed by atoms with Gasteiger partial charge in [-0.15, -0.1) is 0 Å². The minimum Gasteiger partial charge on any atom is -0.481 e. The normalized spacial score (nSPS) is 20.1. The smallest absolute Gasteiger partial charge is 0.303 e. The molecule has 0 aromatic carbocycles. The van der Waals surface area contributed by atoms with Gasteiger partial charge in [0.25, 0.3) is 0 Å². The Hall–Kier alpha value is -1.36. The summed E-state index contributed by atoms with van der Waals surface area (Å²) < 4.78 is 2.08. The molecule has 0 bridgehead atoms. The van der Waals surface area contributed by atoms with Crippen molar-refractivity contribution in [1.82, 2.24) is 14.7 Å². The van der Waals surface area contributed by atoms with E-state index in [1.165, 1.54) is 12.1 Å². The van der Waals surface area contributed by atoms with Gasteiger partial charge in [0.15, 0.2) is 0 Å². The second kappa shape index (κ2) is 7.43. The molecule has 1 N–H and O–H groups in total. The van der Waals surface area contributed by atoms with E-state index >= 15 is 0 Å². The second-order valence-corrected chi connectivity index (χ2v) is 5.72. The lowest BCUT2D eigenvalue weighted by Gasteiger charge is -2.32. The van der Waals surface area contributed by atoms with E-state index in [-0.39, 0.29) is 0 Å². The summed E-state index contributed by atoms with van der Waals surface area (Å²) in [6.45, 7) is 6.20. The first-order valence-corrected chi connectivity index (χ1v) is 7.64. The lowest BCUT2D eigenvalue weighted by Crippen LogP contribution is -2.35. The van der Waals surface area contributed by atoms with Crippen LogP contribution in [-0.4, -0.2) is 38.8 Å². The van der Waals surface area contributed by atoms with E-state index in [1.54, 1.807) is 0 Å². The third-order valence-electron chi connectivity index (χ3n) is 4.00. The molecule has 1 atom stereocenters. The molecular weight excluding hydrogens is 254 g/mol. The van der Waals surface area contributed by atoms with Crippen LogP contribution < -0.4 is 0 Å². The van der Waals surface area contributed by atoms with Gasteiger partial charge in [-0.25, -0.2) is 0 Å². The van der Waals surface area contributed by atoms with Crippen LogP contribution in [0, 0.1) is 5.92 Å². The Balaban J connectivity index is 1.85. The monoisotopic (exact) mass is 279 g/mol. The number of likely N-dealkylation sites (tertiary alicyclic amines) is 1. The summed E-state index contributed by atoms with van der Waals surface area (Å²) in [5.74, 6) is -0.148. The van der Waals surface area contributed by atoms with Gasteiger partial charge in [-0.05, 0) is 44.2 Å². The Morgan fingerprint density at radius 1 is 1.55 bits per heavy atom. The maximum atomic E-state index is 10.7. The Bertz CT molecular complexity index is 431. The molecule has 1 aliphatic rings. The van der Waals surface area contributed by atoms with Crippen molar-refractivity contribution in [2.24, 2.45) is 5.92 Å². The predicted octanol–water partition coefficient (Wildman–Crippen LogP) is 2.37. The van der Waals surface area contributed by atoms with E-state index in [0.717, 1.165) is 45.4 Å². The van der Waals surface area contributed by atoms with Crippen molar-refractivity contribution >= 4 is 5.97 Å². The van der Waals surface area contributed by atoms with Crippen molar-refractivity contribution in [3.05, 3.63) is 18.0 Å². The number of carbonyl (C=O) groups is 1. The summed E-state index contributed by atoms with van der Waals surface area (Å²) in [7, 11) is 0. The fraction of sp³-hybridized carbons (Fsp3) is 0.733. The fourth-order valence-corrected chi connectivity index (χ4v) is 2.99. The molecule has 5 nitrogen and oxygen atoms in total. The van der Waals surface area contributed by atoms with Crippen LogP contribution in [0.2, 0.25) is 0 Å². The molecule has 1 saturated heterocycles. The first-order valence-electron chi connectivity index (χ1n) is 7.64. The number of hydrogen-bond acceptors (Lipinski definition) is 3. The zero-order chi connectivity index (χ0) is 14.4. The molecule has 1 fully saturated rings. The van der Waals surface area contributed by atoms with E-state index < -0.39 is 5.97 Å². The van der Waals surface area contributed by atoms with Crippen LogP contribution in [0.25, 0.3) is 0 Å². The average molecular weight is 279 g/mol. The van der Waals surface area contributed by atoms with Gasteiger partial charge in [0.2, 0.25) is 0 Å². The van der Waals surface area contributed by atoms with Crippen molar-refractivity contribution in [2.75, 3.05) is 13.1 Å². The number of hydrogen-bond donors (Lipinski definition) is 1. The largest absolute Gasteiger partial charge is 0.481 e. The molecule has 0 aliphatic carbocycles. The predicted molar refractivity (Wildman–Crippen MR) is 77.4 cm³/mol. The zero-order valence-electron chi connectivity index (χ0n) is 12.3. The van der Waals surface area contributed by atoms with Crippen molar-refractivity contribution < 1.29 is 9.90 Å². The summed E-state index contributed by atoms with van der Waals surface area (Å²) in [6.07, 6.45) is 6.41.